The van der Waals surface area contributed by atoms with Crippen LogP contribution in [0.25, 0.3) is 22.4 Å². The SMILES string of the molecule is CNC(=O)c1c(-c2cccc(N3CCN(c4ccc(NNc5ccc(N[C@H](CCN6CCC(O)CC6)CSc6ccccc6)c(S)c5)cc4)CC3)c2)c(-c2ccc(F)cc2)n(C)c1C. The van der Waals surface area contributed by atoms with Gasteiger partial charge in [-0.05, 0) is 128 Å². The molecular weight excluding hydrogens is 840 g/mol. The number of nitrogens with one attached hydrogen (secondary N) is 4. The molecule has 0 bridgehead atoms. The minimum Gasteiger partial charge on any atom is -0.393 e. The zero-order chi connectivity index (χ0) is 44.6. The first-order chi connectivity index (χ1) is 31.1. The van der Waals surface area contributed by atoms with Crippen molar-refractivity contribution in [1.29, 1.82) is 0 Å². The van der Waals surface area contributed by atoms with Crippen molar-refractivity contribution in [1.82, 2.24) is 14.8 Å². The molecule has 5 N–H and O–H groups in total. The van der Waals surface area contributed by atoms with E-state index in [4.69, 9.17) is 12.6 Å². The Bertz CT molecular complexity index is 2490. The molecule has 64 heavy (non-hydrogen) atoms. The molecule has 2 aliphatic heterocycles. The summed E-state index contributed by atoms with van der Waals surface area (Å²) < 4.78 is 16.0. The van der Waals surface area contributed by atoms with Crippen molar-refractivity contribution in [2.75, 3.05) is 84.6 Å². The molecule has 0 saturated carbocycles. The fourth-order valence-corrected chi connectivity index (χ4v) is 10.0. The number of rotatable bonds is 16. The molecule has 0 unspecified atom stereocenters. The summed E-state index contributed by atoms with van der Waals surface area (Å²) in [6, 6.07) is 40.4. The molecule has 13 heteroatoms. The fourth-order valence-electron chi connectivity index (χ4n) is 8.76. The predicted octanol–water partition coefficient (Wildman–Crippen LogP) is 9.64. The minimum absolute atomic E-state index is 0.151. The fraction of sp³-hybridized carbons (Fsp3) is 0.314. The van der Waals surface area contributed by atoms with Crippen molar-refractivity contribution >= 4 is 58.7 Å². The maximum absolute atomic E-state index is 14.0. The second-order valence-corrected chi connectivity index (χ2v) is 18.3. The van der Waals surface area contributed by atoms with Crippen LogP contribution in [-0.2, 0) is 7.05 Å². The topological polar surface area (TPSA) is 100 Å². The Balaban J connectivity index is 0.865. The number of carbonyl (C=O) groups excluding carboxylic acids is 1. The highest BCUT2D eigenvalue weighted by molar-refractivity contribution is 7.99. The first-order valence-corrected chi connectivity index (χ1v) is 23.6. The Morgan fingerprint density at radius 1 is 0.797 bits per heavy atom. The van der Waals surface area contributed by atoms with Crippen LogP contribution in [0.15, 0.2) is 131 Å². The van der Waals surface area contributed by atoms with Crippen LogP contribution >= 0.6 is 24.4 Å². The highest BCUT2D eigenvalue weighted by Gasteiger charge is 2.27. The van der Waals surface area contributed by atoms with Gasteiger partial charge in [-0.3, -0.25) is 4.79 Å². The summed E-state index contributed by atoms with van der Waals surface area (Å²) in [6.07, 6.45) is 2.54. The van der Waals surface area contributed by atoms with Crippen molar-refractivity contribution < 1.29 is 14.3 Å². The van der Waals surface area contributed by atoms with Crippen molar-refractivity contribution in [3.05, 3.63) is 138 Å². The highest BCUT2D eigenvalue weighted by Crippen LogP contribution is 2.40. The number of thioether (sulfide) groups is 1. The summed E-state index contributed by atoms with van der Waals surface area (Å²) in [5.41, 5.74) is 16.9. The van der Waals surface area contributed by atoms with Gasteiger partial charge in [-0.25, -0.2) is 4.39 Å². The Kier molecular flexibility index (Phi) is 14.7. The number of carbonyl (C=O) groups is 1. The second-order valence-electron chi connectivity index (χ2n) is 16.7. The molecule has 6 aromatic rings. The number of piperazine rings is 1. The van der Waals surface area contributed by atoms with Gasteiger partial charge in [0.1, 0.15) is 5.82 Å². The molecule has 2 fully saturated rings. The van der Waals surface area contributed by atoms with Crippen LogP contribution < -0.4 is 31.3 Å². The number of hydrogen-bond acceptors (Lipinski definition) is 10. The molecule has 0 radical (unpaired) electrons. The monoisotopic (exact) mass is 898 g/mol. The first kappa shape index (κ1) is 45.0. The molecule has 1 atom stereocenters. The van der Waals surface area contributed by atoms with Crippen molar-refractivity contribution in [2.24, 2.45) is 7.05 Å². The highest BCUT2D eigenvalue weighted by atomic mass is 32.2. The summed E-state index contributed by atoms with van der Waals surface area (Å²) >= 11 is 6.76. The zero-order valence-corrected chi connectivity index (χ0v) is 38.6. The van der Waals surface area contributed by atoms with Crippen molar-refractivity contribution in [3.8, 4) is 22.4 Å². The zero-order valence-electron chi connectivity index (χ0n) is 36.9. The molecule has 2 saturated heterocycles. The second kappa shape index (κ2) is 20.9. The molecule has 5 aromatic carbocycles. The minimum atomic E-state index is -0.298. The Morgan fingerprint density at radius 2 is 1.47 bits per heavy atom. The summed E-state index contributed by atoms with van der Waals surface area (Å²) in [6.45, 7) is 8.27. The first-order valence-electron chi connectivity index (χ1n) is 22.2. The number of aliphatic hydroxyl groups excluding tert-OH is 1. The molecular formula is C51H59FN8O2S2. The predicted molar refractivity (Wildman–Crippen MR) is 267 cm³/mol. The molecule has 1 aromatic heterocycles. The van der Waals surface area contributed by atoms with E-state index in [0.29, 0.717) is 5.56 Å². The van der Waals surface area contributed by atoms with Gasteiger partial charge >= 0.3 is 0 Å². The number of halogens is 1. The van der Waals surface area contributed by atoms with E-state index in [0.717, 1.165) is 127 Å². The van der Waals surface area contributed by atoms with E-state index in [1.807, 2.05) is 36.4 Å². The summed E-state index contributed by atoms with van der Waals surface area (Å²) in [7, 11) is 3.61. The molecule has 0 aliphatic carbocycles. The number of anilines is 5. The van der Waals surface area contributed by atoms with E-state index in [2.05, 4.69) is 127 Å². The quantitative estimate of drug-likeness (QED) is 0.0323. The third-order valence-corrected chi connectivity index (χ3v) is 14.1. The van der Waals surface area contributed by atoms with Gasteiger partial charge in [-0.1, -0.05) is 30.3 Å². The standard InChI is InChI=1S/C51H59FN8O2S2/c1-35-48(51(62)53-2)49(50(57(35)3)36-12-14-38(52)15-13-36)37-8-7-9-43(32-37)60-30-28-59(29-31-60)42-19-16-39(17-20-42)55-56-40-18-21-46(47(63)33-40)54-41(34-64-45-10-5-4-6-11-45)22-25-58-26-23-44(61)24-27-58/h4-21,32-33,41,44,54-56,61,63H,22-31,34H2,1-3H3,(H,53,62)/t41-/m1/s1. The molecule has 3 heterocycles. The Labute approximate surface area is 386 Å². The Hall–Kier alpha value is -5.60. The van der Waals surface area contributed by atoms with Gasteiger partial charge in [0, 0.05) is 110 Å². The van der Waals surface area contributed by atoms with Crippen LogP contribution in [0.4, 0.5) is 32.8 Å². The van der Waals surface area contributed by atoms with Gasteiger partial charge in [-0.15, -0.1) is 24.4 Å². The van der Waals surface area contributed by atoms with Gasteiger partial charge < -0.3 is 45.9 Å². The molecule has 2 aliphatic rings. The third kappa shape index (κ3) is 10.8. The van der Waals surface area contributed by atoms with Crippen LogP contribution in [0.2, 0.25) is 0 Å². The number of hydrogen-bond donors (Lipinski definition) is 6. The van der Waals surface area contributed by atoms with Gasteiger partial charge in [0.15, 0.2) is 0 Å². The number of aromatic nitrogens is 1. The number of hydrazine groups is 1. The number of likely N-dealkylation sites (tertiary alicyclic amines) is 1. The number of thiol groups is 1. The third-order valence-electron chi connectivity index (χ3n) is 12.5. The summed E-state index contributed by atoms with van der Waals surface area (Å²) in [4.78, 5) is 22.7. The maximum atomic E-state index is 14.0. The van der Waals surface area contributed by atoms with Gasteiger partial charge in [0.05, 0.1) is 28.7 Å². The molecule has 334 valence electrons. The van der Waals surface area contributed by atoms with E-state index < -0.39 is 0 Å². The number of piperidine rings is 1. The lowest BCUT2D eigenvalue weighted by Crippen LogP contribution is -2.46. The smallest absolute Gasteiger partial charge is 0.253 e. The van der Waals surface area contributed by atoms with Crippen LogP contribution in [0.5, 0.6) is 0 Å². The van der Waals surface area contributed by atoms with E-state index in [-0.39, 0.29) is 23.9 Å². The van der Waals surface area contributed by atoms with E-state index >= 15 is 0 Å². The molecule has 0 spiro atoms. The number of aliphatic hydroxyl groups is 1. The average Bonchev–Trinajstić information content (AvgIpc) is 3.59. The normalized spacial score (nSPS) is 15.2. The molecule has 10 nitrogen and oxygen atoms in total. The molecule has 1 amide bonds. The van der Waals surface area contributed by atoms with Crippen molar-refractivity contribution in [3.63, 3.8) is 0 Å². The number of benzene rings is 5. The number of nitrogens with zero attached hydrogens (tertiary/aromatic N) is 4. The maximum Gasteiger partial charge on any atom is 0.253 e. The Morgan fingerprint density at radius 3 is 2.16 bits per heavy atom. The van der Waals surface area contributed by atoms with Crippen molar-refractivity contribution in [2.45, 2.75) is 48.1 Å². The average molecular weight is 899 g/mol. The van der Waals surface area contributed by atoms with Crippen LogP contribution in [0, 0.1) is 12.7 Å². The van der Waals surface area contributed by atoms with E-state index in [1.165, 1.54) is 22.7 Å². The largest absolute Gasteiger partial charge is 0.393 e. The van der Waals surface area contributed by atoms with Crippen LogP contribution in [-0.4, -0.2) is 91.2 Å². The van der Waals surface area contributed by atoms with Gasteiger partial charge in [-0.2, -0.15) is 0 Å². The van der Waals surface area contributed by atoms with E-state index in [1.54, 1.807) is 19.2 Å². The lowest BCUT2D eigenvalue weighted by molar-refractivity contribution is 0.0817. The summed E-state index contributed by atoms with van der Waals surface area (Å²) in [5, 5.41) is 16.6. The lowest BCUT2D eigenvalue weighted by Gasteiger charge is -2.37. The lowest BCUT2D eigenvalue weighted by atomic mass is 9.96. The number of amides is 1. The molecule has 8 rings (SSSR count). The van der Waals surface area contributed by atoms with E-state index in [9.17, 15) is 14.3 Å². The van der Waals surface area contributed by atoms with Gasteiger partial charge in [0.25, 0.3) is 5.91 Å². The van der Waals surface area contributed by atoms with Gasteiger partial charge in [0.2, 0.25) is 0 Å². The summed E-state index contributed by atoms with van der Waals surface area (Å²) in [5.74, 6) is 0.490. The van der Waals surface area contributed by atoms with Crippen LogP contribution in [0.3, 0.4) is 0 Å². The van der Waals surface area contributed by atoms with Crippen LogP contribution in [0.1, 0.15) is 35.3 Å².